The van der Waals surface area contributed by atoms with E-state index in [4.69, 9.17) is 5.73 Å². The summed E-state index contributed by atoms with van der Waals surface area (Å²) in [7, 11) is 0. The molecule has 1 aromatic rings. The van der Waals surface area contributed by atoms with Gasteiger partial charge in [0, 0.05) is 11.7 Å². The smallest absolute Gasteiger partial charge is 0.253 e. The van der Waals surface area contributed by atoms with Crippen LogP contribution in [0.5, 0.6) is 0 Å². The van der Waals surface area contributed by atoms with Crippen LogP contribution in [0.3, 0.4) is 0 Å². The van der Waals surface area contributed by atoms with Crippen LogP contribution in [0.25, 0.3) is 0 Å². The van der Waals surface area contributed by atoms with E-state index in [1.807, 2.05) is 0 Å². The largest absolute Gasteiger partial charge is 0.398 e. The van der Waals surface area contributed by atoms with Crippen molar-refractivity contribution in [2.45, 2.75) is 18.9 Å². The van der Waals surface area contributed by atoms with E-state index in [-0.39, 0.29) is 17.6 Å². The summed E-state index contributed by atoms with van der Waals surface area (Å²) < 4.78 is 12.7. The number of carbonyl (C=O) groups is 1. The molecule has 1 aliphatic rings. The second-order valence-electron chi connectivity index (χ2n) is 3.48. The van der Waals surface area contributed by atoms with Crippen LogP contribution >= 0.6 is 0 Å². The minimum Gasteiger partial charge on any atom is -0.398 e. The molecule has 0 aliphatic heterocycles. The molecule has 0 spiro atoms. The maximum atomic E-state index is 12.7. The summed E-state index contributed by atoms with van der Waals surface area (Å²) in [6.07, 6.45) is 2.04. The van der Waals surface area contributed by atoms with Crippen molar-refractivity contribution in [1.29, 1.82) is 0 Å². The average Bonchev–Trinajstić information content (AvgIpc) is 2.87. The molecule has 0 radical (unpaired) electrons. The number of anilines is 1. The Labute approximate surface area is 81.1 Å². The highest BCUT2D eigenvalue weighted by Crippen LogP contribution is 2.20. The zero-order chi connectivity index (χ0) is 10.1. The molecule has 1 saturated carbocycles. The van der Waals surface area contributed by atoms with Gasteiger partial charge in [0.1, 0.15) is 5.82 Å². The van der Waals surface area contributed by atoms with Crippen molar-refractivity contribution in [3.63, 3.8) is 0 Å². The predicted molar refractivity (Wildman–Crippen MR) is 51.3 cm³/mol. The van der Waals surface area contributed by atoms with Crippen molar-refractivity contribution in [3.8, 4) is 0 Å². The molecule has 1 aromatic carbocycles. The third-order valence-corrected chi connectivity index (χ3v) is 2.17. The number of nitrogen functional groups attached to an aromatic ring is 1. The molecule has 0 atom stereocenters. The highest BCUT2D eigenvalue weighted by atomic mass is 19.1. The van der Waals surface area contributed by atoms with E-state index < -0.39 is 5.82 Å². The summed E-state index contributed by atoms with van der Waals surface area (Å²) in [5.74, 6) is -0.643. The standard InChI is InChI=1S/C10H11FN2O/c11-6-1-4-8(9(12)5-6)10(14)13-7-2-3-7/h1,4-5,7H,2-3,12H2,(H,13,14). The van der Waals surface area contributed by atoms with Gasteiger partial charge in [-0.3, -0.25) is 4.79 Å². The van der Waals surface area contributed by atoms with E-state index in [0.29, 0.717) is 5.56 Å². The minimum absolute atomic E-state index is 0.183. The first-order valence-corrected chi connectivity index (χ1v) is 4.52. The topological polar surface area (TPSA) is 55.1 Å². The van der Waals surface area contributed by atoms with Crippen molar-refractivity contribution in [1.82, 2.24) is 5.32 Å². The summed E-state index contributed by atoms with van der Waals surface area (Å²) in [5.41, 5.74) is 6.05. The molecule has 0 aromatic heterocycles. The quantitative estimate of drug-likeness (QED) is 0.697. The zero-order valence-corrected chi connectivity index (χ0v) is 7.59. The van der Waals surface area contributed by atoms with Crippen LogP contribution in [0.4, 0.5) is 10.1 Å². The van der Waals surface area contributed by atoms with Crippen LogP contribution in [0.1, 0.15) is 23.2 Å². The average molecular weight is 194 g/mol. The molecule has 74 valence electrons. The van der Waals surface area contributed by atoms with Gasteiger partial charge >= 0.3 is 0 Å². The number of nitrogens with one attached hydrogen (secondary N) is 1. The fourth-order valence-electron chi connectivity index (χ4n) is 1.23. The van der Waals surface area contributed by atoms with Crippen molar-refractivity contribution >= 4 is 11.6 Å². The number of carbonyl (C=O) groups excluding carboxylic acids is 1. The van der Waals surface area contributed by atoms with Gasteiger partial charge in [0.2, 0.25) is 0 Å². The Kier molecular flexibility index (Phi) is 2.11. The Bertz CT molecular complexity index is 374. The fraction of sp³-hybridized carbons (Fsp3) is 0.300. The van der Waals surface area contributed by atoms with Gasteiger partial charge in [0.15, 0.2) is 0 Å². The first-order valence-electron chi connectivity index (χ1n) is 4.52. The first-order chi connectivity index (χ1) is 6.66. The Morgan fingerprint density at radius 1 is 1.50 bits per heavy atom. The molecule has 0 bridgehead atoms. The van der Waals surface area contributed by atoms with E-state index in [0.717, 1.165) is 18.9 Å². The van der Waals surface area contributed by atoms with E-state index in [1.165, 1.54) is 12.1 Å². The van der Waals surface area contributed by atoms with Crippen LogP contribution in [0.15, 0.2) is 18.2 Å². The molecule has 3 nitrogen and oxygen atoms in total. The molecule has 0 heterocycles. The maximum absolute atomic E-state index is 12.7. The van der Waals surface area contributed by atoms with Gasteiger partial charge in [-0.2, -0.15) is 0 Å². The predicted octanol–water partition coefficient (Wildman–Crippen LogP) is 1.30. The van der Waals surface area contributed by atoms with Crippen molar-refractivity contribution in [2.24, 2.45) is 0 Å². The van der Waals surface area contributed by atoms with Gasteiger partial charge in [0.25, 0.3) is 5.91 Å². The van der Waals surface area contributed by atoms with Crippen LogP contribution in [-0.2, 0) is 0 Å². The minimum atomic E-state index is -0.425. The summed E-state index contributed by atoms with van der Waals surface area (Å²) in [6, 6.07) is 4.08. The number of nitrogens with two attached hydrogens (primary N) is 1. The molecular formula is C10H11FN2O. The zero-order valence-electron chi connectivity index (χ0n) is 7.59. The lowest BCUT2D eigenvalue weighted by atomic mass is 10.1. The second kappa shape index (κ2) is 3.29. The number of hydrogen-bond acceptors (Lipinski definition) is 2. The van der Waals surface area contributed by atoms with Crippen LogP contribution in [-0.4, -0.2) is 11.9 Å². The van der Waals surface area contributed by atoms with E-state index in [2.05, 4.69) is 5.32 Å². The van der Waals surface area contributed by atoms with E-state index in [1.54, 1.807) is 0 Å². The highest BCUT2D eigenvalue weighted by Gasteiger charge is 2.24. The van der Waals surface area contributed by atoms with E-state index >= 15 is 0 Å². The van der Waals surface area contributed by atoms with Crippen molar-refractivity contribution in [3.05, 3.63) is 29.6 Å². The third-order valence-electron chi connectivity index (χ3n) is 2.17. The maximum Gasteiger partial charge on any atom is 0.253 e. The Morgan fingerprint density at radius 3 is 2.79 bits per heavy atom. The number of amides is 1. The van der Waals surface area contributed by atoms with Gasteiger partial charge in [-0.25, -0.2) is 4.39 Å². The lowest BCUT2D eigenvalue weighted by Crippen LogP contribution is -2.26. The number of halogens is 1. The lowest BCUT2D eigenvalue weighted by molar-refractivity contribution is 0.0952. The summed E-state index contributed by atoms with van der Waals surface area (Å²) in [5, 5.41) is 2.79. The molecule has 14 heavy (non-hydrogen) atoms. The SMILES string of the molecule is Nc1cc(F)ccc1C(=O)NC1CC1. The summed E-state index contributed by atoms with van der Waals surface area (Å²) in [6.45, 7) is 0. The molecule has 2 rings (SSSR count). The lowest BCUT2D eigenvalue weighted by Gasteiger charge is -2.05. The van der Waals surface area contributed by atoms with Crippen molar-refractivity contribution < 1.29 is 9.18 Å². The third kappa shape index (κ3) is 1.84. The Balaban J connectivity index is 2.17. The molecule has 4 heteroatoms. The number of benzene rings is 1. The van der Waals surface area contributed by atoms with Crippen LogP contribution in [0.2, 0.25) is 0 Å². The molecule has 0 saturated heterocycles. The number of hydrogen-bond donors (Lipinski definition) is 2. The van der Waals surface area contributed by atoms with Gasteiger partial charge in [-0.1, -0.05) is 0 Å². The van der Waals surface area contributed by atoms with Gasteiger partial charge in [-0.15, -0.1) is 0 Å². The normalized spacial score (nSPS) is 15.2. The fourth-order valence-corrected chi connectivity index (χ4v) is 1.23. The van der Waals surface area contributed by atoms with Gasteiger partial charge in [-0.05, 0) is 31.0 Å². The Hall–Kier alpha value is -1.58. The van der Waals surface area contributed by atoms with Crippen LogP contribution in [0, 0.1) is 5.82 Å². The van der Waals surface area contributed by atoms with E-state index in [9.17, 15) is 9.18 Å². The molecule has 1 aliphatic carbocycles. The van der Waals surface area contributed by atoms with Gasteiger partial charge < -0.3 is 11.1 Å². The summed E-state index contributed by atoms with van der Waals surface area (Å²) in [4.78, 5) is 11.5. The first kappa shape index (κ1) is 8.99. The molecule has 3 N–H and O–H groups in total. The monoisotopic (exact) mass is 194 g/mol. The summed E-state index contributed by atoms with van der Waals surface area (Å²) >= 11 is 0. The van der Waals surface area contributed by atoms with Crippen LogP contribution < -0.4 is 11.1 Å². The second-order valence-corrected chi connectivity index (χ2v) is 3.48. The van der Waals surface area contributed by atoms with Gasteiger partial charge in [0.05, 0.1) is 5.56 Å². The molecule has 1 fully saturated rings. The van der Waals surface area contributed by atoms with Crippen molar-refractivity contribution in [2.75, 3.05) is 5.73 Å². The highest BCUT2D eigenvalue weighted by molar-refractivity contribution is 5.99. The molecular weight excluding hydrogens is 183 g/mol. The molecule has 1 amide bonds. The number of rotatable bonds is 2. The Morgan fingerprint density at radius 2 is 2.21 bits per heavy atom. The molecule has 0 unspecified atom stereocenters.